The first-order valence-corrected chi connectivity index (χ1v) is 11.9. The molecule has 0 atom stereocenters. The van der Waals surface area contributed by atoms with E-state index in [1.54, 1.807) is 26.4 Å². The van der Waals surface area contributed by atoms with E-state index in [0.717, 1.165) is 36.5 Å². The molecule has 2 aromatic rings. The van der Waals surface area contributed by atoms with Crippen LogP contribution in [0.4, 0.5) is 10.5 Å². The van der Waals surface area contributed by atoms with Gasteiger partial charge in [-0.05, 0) is 61.8 Å². The Bertz CT molecular complexity index is 1060. The van der Waals surface area contributed by atoms with Crippen molar-refractivity contribution in [2.45, 2.75) is 32.2 Å². The van der Waals surface area contributed by atoms with Gasteiger partial charge in [0, 0.05) is 30.6 Å². The molecule has 0 aromatic heterocycles. The average molecular weight is 481 g/mol. The number of likely N-dealkylation sites (tertiary alicyclic amines) is 1. The van der Waals surface area contributed by atoms with E-state index in [1.807, 2.05) is 30.3 Å². The maximum atomic E-state index is 12.5. The summed E-state index contributed by atoms with van der Waals surface area (Å²) in [6.45, 7) is 3.64. The Kier molecular flexibility index (Phi) is 8.20. The summed E-state index contributed by atoms with van der Waals surface area (Å²) < 4.78 is 16.0. The Hall–Kier alpha value is -3.59. The Labute approximate surface area is 205 Å². The van der Waals surface area contributed by atoms with Crippen molar-refractivity contribution in [3.8, 4) is 11.5 Å². The highest BCUT2D eigenvalue weighted by Gasteiger charge is 2.22. The lowest BCUT2D eigenvalue weighted by atomic mass is 10.0. The van der Waals surface area contributed by atoms with Crippen LogP contribution in [0.15, 0.2) is 47.6 Å². The van der Waals surface area contributed by atoms with Gasteiger partial charge in [0.25, 0.3) is 0 Å². The fraction of sp³-hybridized carbons (Fsp3) is 0.423. The molecule has 9 heteroatoms. The number of amides is 2. The van der Waals surface area contributed by atoms with Crippen molar-refractivity contribution in [2.24, 2.45) is 5.10 Å². The van der Waals surface area contributed by atoms with Crippen LogP contribution in [0.5, 0.6) is 11.5 Å². The molecule has 2 aliphatic rings. The minimum atomic E-state index is -0.465. The van der Waals surface area contributed by atoms with Crippen LogP contribution in [0.25, 0.3) is 0 Å². The third-order valence-corrected chi connectivity index (χ3v) is 6.19. The van der Waals surface area contributed by atoms with Gasteiger partial charge in [0.05, 0.1) is 26.5 Å². The van der Waals surface area contributed by atoms with Crippen molar-refractivity contribution >= 4 is 23.4 Å². The number of anilines is 1. The molecule has 2 heterocycles. The number of hydrogen-bond acceptors (Lipinski definition) is 7. The molecule has 0 aliphatic carbocycles. The van der Waals surface area contributed by atoms with Gasteiger partial charge in [0.1, 0.15) is 6.61 Å². The lowest BCUT2D eigenvalue weighted by Gasteiger charge is -2.24. The Morgan fingerprint density at radius 3 is 2.46 bits per heavy atom. The van der Waals surface area contributed by atoms with Crippen LogP contribution in [0.2, 0.25) is 0 Å². The third kappa shape index (κ3) is 6.51. The van der Waals surface area contributed by atoms with Crippen LogP contribution in [0.1, 0.15) is 36.8 Å². The highest BCUT2D eigenvalue weighted by molar-refractivity contribution is 6.04. The first kappa shape index (κ1) is 24.5. The number of benzene rings is 2. The van der Waals surface area contributed by atoms with Crippen molar-refractivity contribution in [3.05, 3.63) is 53.6 Å². The van der Waals surface area contributed by atoms with Gasteiger partial charge < -0.3 is 14.2 Å². The molecular formula is C26H32N4O5. The highest BCUT2D eigenvalue weighted by atomic mass is 16.5. The summed E-state index contributed by atoms with van der Waals surface area (Å²) in [5, 5.41) is 8.84. The molecule has 0 unspecified atom stereocenters. The van der Waals surface area contributed by atoms with Crippen molar-refractivity contribution in [1.29, 1.82) is 0 Å². The second kappa shape index (κ2) is 11.7. The lowest BCUT2D eigenvalue weighted by Crippen LogP contribution is -2.31. The molecule has 2 aliphatic heterocycles. The molecule has 1 fully saturated rings. The van der Waals surface area contributed by atoms with E-state index in [4.69, 9.17) is 14.2 Å². The van der Waals surface area contributed by atoms with Gasteiger partial charge in [-0.15, -0.1) is 0 Å². The van der Waals surface area contributed by atoms with E-state index >= 15 is 0 Å². The van der Waals surface area contributed by atoms with Gasteiger partial charge in [-0.1, -0.05) is 12.1 Å². The predicted octanol–water partition coefficient (Wildman–Crippen LogP) is 3.87. The number of nitrogens with one attached hydrogen (secondary N) is 1. The number of methoxy groups -OCH3 is 2. The molecule has 1 N–H and O–H groups in total. The second-order valence-corrected chi connectivity index (χ2v) is 8.57. The van der Waals surface area contributed by atoms with Crippen molar-refractivity contribution < 1.29 is 23.8 Å². The monoisotopic (exact) mass is 480 g/mol. The van der Waals surface area contributed by atoms with E-state index in [0.29, 0.717) is 43.2 Å². The van der Waals surface area contributed by atoms with Crippen LogP contribution in [-0.2, 0) is 16.1 Å². The van der Waals surface area contributed by atoms with E-state index in [2.05, 4.69) is 15.3 Å². The predicted molar refractivity (Wildman–Crippen MR) is 133 cm³/mol. The molecule has 0 bridgehead atoms. The summed E-state index contributed by atoms with van der Waals surface area (Å²) in [5.74, 6) is 1.23. The summed E-state index contributed by atoms with van der Waals surface area (Å²) in [6, 6.07) is 12.9. The molecule has 0 saturated carbocycles. The summed E-state index contributed by atoms with van der Waals surface area (Å²) in [5.41, 5.74) is 3.26. The lowest BCUT2D eigenvalue weighted by molar-refractivity contribution is -0.132. The molecule has 35 heavy (non-hydrogen) atoms. The second-order valence-electron chi connectivity index (χ2n) is 8.57. The molecule has 1 saturated heterocycles. The fourth-order valence-corrected chi connectivity index (χ4v) is 4.24. The summed E-state index contributed by atoms with van der Waals surface area (Å²) in [7, 11) is 3.18. The number of carbonyl (C=O) groups excluding carboxylic acids is 2. The van der Waals surface area contributed by atoms with Crippen LogP contribution < -0.4 is 14.8 Å². The number of rotatable bonds is 9. The minimum Gasteiger partial charge on any atom is -0.493 e. The van der Waals surface area contributed by atoms with Gasteiger partial charge in [-0.2, -0.15) is 5.10 Å². The molecule has 0 radical (unpaired) electrons. The summed E-state index contributed by atoms with van der Waals surface area (Å²) >= 11 is 0. The Morgan fingerprint density at radius 2 is 1.74 bits per heavy atom. The first-order chi connectivity index (χ1) is 17.1. The number of nitrogens with zero attached hydrogens (tertiary/aromatic N) is 3. The zero-order valence-electron chi connectivity index (χ0n) is 20.3. The topological polar surface area (TPSA) is 92.7 Å². The van der Waals surface area contributed by atoms with Crippen LogP contribution in [-0.4, -0.2) is 68.1 Å². The zero-order valence-corrected chi connectivity index (χ0v) is 20.3. The summed E-state index contributed by atoms with van der Waals surface area (Å²) in [6.07, 6.45) is 2.91. The summed E-state index contributed by atoms with van der Waals surface area (Å²) in [4.78, 5) is 26.8. The van der Waals surface area contributed by atoms with Gasteiger partial charge in [-0.3, -0.25) is 15.0 Å². The zero-order chi connectivity index (χ0) is 24.6. The SMILES string of the molecule is COc1ccc(C2=NN(Cc3ccc(NC(=O)OCCN4CCCC4)cc3)C(=O)CC2)cc1OC. The molecule has 9 nitrogen and oxygen atoms in total. The maximum Gasteiger partial charge on any atom is 0.411 e. The molecule has 0 spiro atoms. The van der Waals surface area contributed by atoms with E-state index in [1.165, 1.54) is 17.9 Å². The first-order valence-electron chi connectivity index (χ1n) is 11.9. The minimum absolute atomic E-state index is 0.0296. The molecule has 4 rings (SSSR count). The largest absolute Gasteiger partial charge is 0.493 e. The number of hydrazone groups is 1. The number of ether oxygens (including phenoxy) is 3. The number of hydrogen-bond donors (Lipinski definition) is 1. The van der Waals surface area contributed by atoms with Gasteiger partial charge in [0.15, 0.2) is 11.5 Å². The van der Waals surface area contributed by atoms with Gasteiger partial charge >= 0.3 is 6.09 Å². The normalized spacial score (nSPS) is 16.1. The Balaban J connectivity index is 1.33. The van der Waals surface area contributed by atoms with E-state index < -0.39 is 6.09 Å². The van der Waals surface area contributed by atoms with Crippen molar-refractivity contribution in [1.82, 2.24) is 9.91 Å². The molecule has 186 valence electrons. The molecule has 2 aromatic carbocycles. The standard InChI is InChI=1S/C26H32N4O5/c1-33-23-11-7-20(17-24(23)34-2)22-10-12-25(31)30(28-22)18-19-5-8-21(9-6-19)27-26(32)35-16-15-29-13-3-4-14-29/h5-9,11,17H,3-4,10,12-16,18H2,1-2H3,(H,27,32). The van der Waals surface area contributed by atoms with Crippen LogP contribution >= 0.6 is 0 Å². The van der Waals surface area contributed by atoms with Crippen LogP contribution in [0.3, 0.4) is 0 Å². The molecule has 2 amide bonds. The fourth-order valence-electron chi connectivity index (χ4n) is 4.24. The number of carbonyl (C=O) groups is 2. The van der Waals surface area contributed by atoms with E-state index in [-0.39, 0.29) is 5.91 Å². The third-order valence-electron chi connectivity index (χ3n) is 6.19. The van der Waals surface area contributed by atoms with E-state index in [9.17, 15) is 9.59 Å². The van der Waals surface area contributed by atoms with Crippen molar-refractivity contribution in [2.75, 3.05) is 45.8 Å². The highest BCUT2D eigenvalue weighted by Crippen LogP contribution is 2.29. The average Bonchev–Trinajstić information content (AvgIpc) is 3.39. The molecular weight excluding hydrogens is 448 g/mol. The van der Waals surface area contributed by atoms with Gasteiger partial charge in [-0.25, -0.2) is 9.80 Å². The van der Waals surface area contributed by atoms with Gasteiger partial charge in [0.2, 0.25) is 5.91 Å². The quantitative estimate of drug-likeness (QED) is 0.586. The maximum absolute atomic E-state index is 12.5. The van der Waals surface area contributed by atoms with Crippen LogP contribution in [0, 0.1) is 0 Å². The van der Waals surface area contributed by atoms with Crippen molar-refractivity contribution in [3.63, 3.8) is 0 Å². The Morgan fingerprint density at radius 1 is 1.00 bits per heavy atom. The smallest absolute Gasteiger partial charge is 0.411 e.